The highest BCUT2D eigenvalue weighted by atomic mass is 16.5. The normalized spacial score (nSPS) is 30.7. The smallest absolute Gasteiger partial charge is 0.229 e. The number of aliphatic hydroxyl groups excluding tert-OH is 1. The molecule has 3 atom stereocenters. The van der Waals surface area contributed by atoms with E-state index in [2.05, 4.69) is 46.1 Å². The number of nitrogens with one attached hydrogen (secondary N) is 1. The monoisotopic (exact) mass is 480 g/mol. The lowest BCUT2D eigenvalue weighted by Gasteiger charge is -2.45. The maximum Gasteiger partial charge on any atom is 0.229 e. The lowest BCUT2D eigenvalue weighted by atomic mass is 9.93. The number of carbonyl (C=O) groups is 1. The van der Waals surface area contributed by atoms with Crippen LogP contribution in [0.4, 0.5) is 11.5 Å². The summed E-state index contributed by atoms with van der Waals surface area (Å²) in [6, 6.07) is 6.41. The van der Waals surface area contributed by atoms with Gasteiger partial charge in [0.05, 0.1) is 24.9 Å². The van der Waals surface area contributed by atoms with Gasteiger partial charge >= 0.3 is 0 Å². The first-order valence-corrected chi connectivity index (χ1v) is 12.9. The maximum absolute atomic E-state index is 12.9. The van der Waals surface area contributed by atoms with E-state index in [-0.39, 0.29) is 22.8 Å². The predicted molar refractivity (Wildman–Crippen MR) is 135 cm³/mol. The minimum atomic E-state index is -0.436. The Hall–Kier alpha value is -2.26. The molecule has 4 fully saturated rings. The lowest BCUT2D eigenvalue weighted by molar-refractivity contribution is -0.118. The number of aromatic nitrogens is 1. The largest absolute Gasteiger partial charge is 0.389 e. The van der Waals surface area contributed by atoms with Crippen molar-refractivity contribution in [1.82, 2.24) is 9.88 Å². The molecule has 3 saturated heterocycles. The molecule has 6 rings (SSSR count). The number of ether oxygens (including phenoxy) is 2. The molecule has 1 aromatic carbocycles. The molecule has 1 spiro atoms. The van der Waals surface area contributed by atoms with Gasteiger partial charge in [0.2, 0.25) is 5.91 Å². The highest BCUT2D eigenvalue weighted by Crippen LogP contribution is 2.59. The van der Waals surface area contributed by atoms with Gasteiger partial charge in [0.25, 0.3) is 0 Å². The number of hydrogen-bond acceptors (Lipinski definition) is 7. The van der Waals surface area contributed by atoms with E-state index in [4.69, 9.17) is 9.47 Å². The number of pyridine rings is 1. The SMILES string of the molecule is Cc1cc2cnc(NC(=O)[C@@H]3CC34CCOCC4)cc2cc1N1CCN([C@]2(C)COC[C@@H]2O)CC1. The van der Waals surface area contributed by atoms with Gasteiger partial charge < -0.3 is 24.8 Å². The van der Waals surface area contributed by atoms with E-state index in [1.54, 1.807) is 0 Å². The van der Waals surface area contributed by atoms with Gasteiger partial charge in [-0.3, -0.25) is 9.69 Å². The van der Waals surface area contributed by atoms with Crippen molar-refractivity contribution in [2.24, 2.45) is 11.3 Å². The summed E-state index contributed by atoms with van der Waals surface area (Å²) in [5.74, 6) is 0.799. The third-order valence-corrected chi connectivity index (χ3v) is 9.01. The molecule has 3 aliphatic heterocycles. The van der Waals surface area contributed by atoms with Crippen molar-refractivity contribution in [3.63, 3.8) is 0 Å². The van der Waals surface area contributed by atoms with Crippen LogP contribution in [0, 0.1) is 18.3 Å². The summed E-state index contributed by atoms with van der Waals surface area (Å²) in [7, 11) is 0. The van der Waals surface area contributed by atoms with Crippen LogP contribution in [0.1, 0.15) is 31.7 Å². The Kier molecular flexibility index (Phi) is 5.75. The minimum absolute atomic E-state index is 0.0828. The molecule has 1 saturated carbocycles. The number of hydrogen-bond donors (Lipinski definition) is 2. The summed E-state index contributed by atoms with van der Waals surface area (Å²) in [6.07, 6.45) is 4.36. The molecule has 0 unspecified atom stereocenters. The van der Waals surface area contributed by atoms with Gasteiger partial charge in [-0.05, 0) is 67.7 Å². The zero-order valence-corrected chi connectivity index (χ0v) is 20.8. The predicted octanol–water partition coefficient (Wildman–Crippen LogP) is 2.57. The molecule has 2 N–H and O–H groups in total. The Balaban J connectivity index is 1.15. The number of anilines is 2. The van der Waals surface area contributed by atoms with Crippen molar-refractivity contribution in [3.8, 4) is 0 Å². The topological polar surface area (TPSA) is 87.2 Å². The third-order valence-electron chi connectivity index (χ3n) is 9.01. The number of piperazine rings is 1. The summed E-state index contributed by atoms with van der Waals surface area (Å²) in [5, 5.41) is 15.7. The van der Waals surface area contributed by atoms with E-state index in [0.717, 1.165) is 69.4 Å². The van der Waals surface area contributed by atoms with Crippen LogP contribution in [0.2, 0.25) is 0 Å². The van der Waals surface area contributed by atoms with Crippen molar-refractivity contribution < 1.29 is 19.4 Å². The molecule has 4 aliphatic rings. The van der Waals surface area contributed by atoms with Crippen LogP contribution in [0.3, 0.4) is 0 Å². The number of carbonyl (C=O) groups excluding carboxylic acids is 1. The zero-order chi connectivity index (χ0) is 24.2. The van der Waals surface area contributed by atoms with Crippen LogP contribution in [0.25, 0.3) is 10.8 Å². The maximum atomic E-state index is 12.9. The van der Waals surface area contributed by atoms with E-state index in [0.29, 0.717) is 19.0 Å². The van der Waals surface area contributed by atoms with Gasteiger partial charge in [-0.2, -0.15) is 0 Å². The van der Waals surface area contributed by atoms with Crippen molar-refractivity contribution in [3.05, 3.63) is 30.0 Å². The molecule has 4 heterocycles. The fourth-order valence-electron chi connectivity index (χ4n) is 6.38. The Morgan fingerprint density at radius 3 is 2.60 bits per heavy atom. The second-order valence-corrected chi connectivity index (χ2v) is 11.1. The standard InChI is InChI=1S/C27H36N4O4/c1-18-11-20-15-28-24(29-25(33)21-14-27(21)3-9-34-10-4-27)13-19(20)12-22(18)30-5-7-31(8-6-30)26(2)17-35-16-23(26)32/h11-13,15,21,23,32H,3-10,14,16-17H2,1-2H3,(H,28,29,33)/t21-,23-,26+/m0/s1. The van der Waals surface area contributed by atoms with Gasteiger partial charge in [-0.1, -0.05) is 0 Å². The number of amides is 1. The molecule has 0 bridgehead atoms. The van der Waals surface area contributed by atoms with Crippen LogP contribution in [-0.4, -0.2) is 85.1 Å². The fraction of sp³-hybridized carbons (Fsp3) is 0.630. The molecule has 2 aromatic rings. The summed E-state index contributed by atoms with van der Waals surface area (Å²) in [5.41, 5.74) is 2.30. The molecule has 1 amide bonds. The van der Waals surface area contributed by atoms with E-state index >= 15 is 0 Å². The lowest BCUT2D eigenvalue weighted by Crippen LogP contribution is -2.60. The summed E-state index contributed by atoms with van der Waals surface area (Å²) in [6.45, 7) is 10.4. The van der Waals surface area contributed by atoms with E-state index in [1.807, 2.05) is 12.3 Å². The number of aliphatic hydroxyl groups is 1. The highest BCUT2D eigenvalue weighted by Gasteiger charge is 2.58. The second kappa shape index (κ2) is 8.69. The molecular formula is C27H36N4O4. The van der Waals surface area contributed by atoms with Gasteiger partial charge in [-0.15, -0.1) is 0 Å². The second-order valence-electron chi connectivity index (χ2n) is 11.1. The van der Waals surface area contributed by atoms with E-state index in [1.165, 1.54) is 11.3 Å². The first-order chi connectivity index (χ1) is 16.9. The van der Waals surface area contributed by atoms with Crippen LogP contribution >= 0.6 is 0 Å². The molecule has 35 heavy (non-hydrogen) atoms. The Morgan fingerprint density at radius 2 is 1.89 bits per heavy atom. The van der Waals surface area contributed by atoms with Gasteiger partial charge in [0.15, 0.2) is 0 Å². The van der Waals surface area contributed by atoms with Crippen LogP contribution in [0.15, 0.2) is 24.4 Å². The van der Waals surface area contributed by atoms with E-state index in [9.17, 15) is 9.90 Å². The molecule has 188 valence electrons. The van der Waals surface area contributed by atoms with Gasteiger partial charge in [-0.25, -0.2) is 4.98 Å². The third kappa shape index (κ3) is 4.10. The van der Waals surface area contributed by atoms with Crippen molar-refractivity contribution in [1.29, 1.82) is 0 Å². The van der Waals surface area contributed by atoms with Crippen molar-refractivity contribution in [2.45, 2.75) is 44.8 Å². The van der Waals surface area contributed by atoms with Gasteiger partial charge in [0.1, 0.15) is 5.82 Å². The van der Waals surface area contributed by atoms with Crippen LogP contribution in [-0.2, 0) is 14.3 Å². The van der Waals surface area contributed by atoms with Crippen molar-refractivity contribution in [2.75, 3.05) is 62.8 Å². The summed E-state index contributed by atoms with van der Waals surface area (Å²) < 4.78 is 11.0. The Labute approximate surface area is 206 Å². The number of fused-ring (bicyclic) bond motifs is 1. The number of benzene rings is 1. The molecule has 1 aliphatic carbocycles. The molecule has 8 heteroatoms. The van der Waals surface area contributed by atoms with Gasteiger partial charge in [0, 0.05) is 62.6 Å². The first kappa shape index (κ1) is 23.2. The molecular weight excluding hydrogens is 444 g/mol. The van der Waals surface area contributed by atoms with Crippen LogP contribution < -0.4 is 10.2 Å². The fourth-order valence-corrected chi connectivity index (χ4v) is 6.38. The summed E-state index contributed by atoms with van der Waals surface area (Å²) in [4.78, 5) is 22.2. The van der Waals surface area contributed by atoms with Crippen LogP contribution in [0.5, 0.6) is 0 Å². The molecule has 1 aromatic heterocycles. The average Bonchev–Trinajstić information content (AvgIpc) is 3.44. The summed E-state index contributed by atoms with van der Waals surface area (Å²) >= 11 is 0. The zero-order valence-electron chi connectivity index (χ0n) is 20.8. The number of rotatable bonds is 4. The minimum Gasteiger partial charge on any atom is -0.389 e. The van der Waals surface area contributed by atoms with Crippen molar-refractivity contribution >= 4 is 28.2 Å². The first-order valence-electron chi connectivity index (χ1n) is 12.9. The van der Waals surface area contributed by atoms with E-state index < -0.39 is 6.10 Å². The number of aryl methyl sites for hydroxylation is 1. The number of nitrogens with zero attached hydrogens (tertiary/aromatic N) is 3. The average molecular weight is 481 g/mol. The molecule has 0 radical (unpaired) electrons. The highest BCUT2D eigenvalue weighted by molar-refractivity contribution is 5.97. The Morgan fingerprint density at radius 1 is 1.11 bits per heavy atom. The molecule has 8 nitrogen and oxygen atoms in total. The Bertz CT molecular complexity index is 1130. The quantitative estimate of drug-likeness (QED) is 0.696.